The highest BCUT2D eigenvalue weighted by molar-refractivity contribution is 9.10. The summed E-state index contributed by atoms with van der Waals surface area (Å²) in [5, 5.41) is 14.4. The number of carbonyl (C=O) groups is 1. The van der Waals surface area contributed by atoms with Crippen LogP contribution in [0.4, 0.5) is 0 Å². The van der Waals surface area contributed by atoms with Crippen LogP contribution in [0.15, 0.2) is 99.3 Å². The number of para-hydroxylation sites is 1. The minimum Gasteiger partial charge on any atom is -0.490 e. The number of ether oxygens (including phenoxy) is 2. The first-order chi connectivity index (χ1) is 19.9. The van der Waals surface area contributed by atoms with Crippen molar-refractivity contribution in [1.82, 2.24) is 9.66 Å². The van der Waals surface area contributed by atoms with Crippen molar-refractivity contribution in [2.75, 3.05) is 6.61 Å². The van der Waals surface area contributed by atoms with Crippen molar-refractivity contribution in [3.63, 3.8) is 0 Å². The number of halogens is 2. The first kappa shape index (κ1) is 28.1. The van der Waals surface area contributed by atoms with E-state index in [2.05, 4.69) is 21.0 Å². The predicted molar refractivity (Wildman–Crippen MR) is 162 cm³/mol. The van der Waals surface area contributed by atoms with Gasteiger partial charge in [0.05, 0.1) is 29.3 Å². The number of hydrogen-bond acceptors (Lipinski definition) is 6. The first-order valence-electron chi connectivity index (χ1n) is 12.6. The fourth-order valence-corrected chi connectivity index (χ4v) is 4.77. The van der Waals surface area contributed by atoms with E-state index in [-0.39, 0.29) is 22.8 Å². The van der Waals surface area contributed by atoms with Crippen molar-refractivity contribution in [3.05, 3.63) is 121 Å². The Kier molecular flexibility index (Phi) is 8.47. The molecule has 0 aliphatic heterocycles. The number of fused-ring (bicyclic) bond motifs is 1. The van der Waals surface area contributed by atoms with Crippen molar-refractivity contribution in [1.29, 1.82) is 0 Å². The molecule has 1 aromatic heterocycles. The minimum atomic E-state index is -1.00. The highest BCUT2D eigenvalue weighted by atomic mass is 79.9. The van der Waals surface area contributed by atoms with Gasteiger partial charge in [-0.2, -0.15) is 9.78 Å². The number of aromatic nitrogens is 2. The summed E-state index contributed by atoms with van der Waals surface area (Å²) in [5.41, 5.74) is 2.49. The fraction of sp³-hybridized carbons (Fsp3) is 0.0968. The van der Waals surface area contributed by atoms with Crippen LogP contribution in [-0.2, 0) is 6.61 Å². The third-order valence-electron chi connectivity index (χ3n) is 6.14. The number of carboxylic acid groups (broad SMARTS) is 1. The zero-order valence-corrected chi connectivity index (χ0v) is 24.1. The molecular weight excluding hydrogens is 610 g/mol. The number of benzene rings is 4. The van der Waals surface area contributed by atoms with Crippen LogP contribution in [-0.4, -0.2) is 33.6 Å². The summed E-state index contributed by atoms with van der Waals surface area (Å²) in [6.45, 7) is 2.33. The Morgan fingerprint density at radius 1 is 1.05 bits per heavy atom. The Balaban J connectivity index is 1.53. The Morgan fingerprint density at radius 3 is 2.46 bits per heavy atom. The smallest absolute Gasteiger partial charge is 0.335 e. The van der Waals surface area contributed by atoms with E-state index in [1.54, 1.807) is 36.4 Å². The molecule has 0 atom stereocenters. The van der Waals surface area contributed by atoms with Gasteiger partial charge < -0.3 is 14.6 Å². The van der Waals surface area contributed by atoms with Crippen LogP contribution >= 0.6 is 27.5 Å². The van der Waals surface area contributed by atoms with Crippen molar-refractivity contribution in [2.45, 2.75) is 13.5 Å². The maximum Gasteiger partial charge on any atom is 0.335 e. The van der Waals surface area contributed by atoms with Crippen LogP contribution in [0.25, 0.3) is 22.3 Å². The van der Waals surface area contributed by atoms with E-state index in [1.807, 2.05) is 43.3 Å². The van der Waals surface area contributed by atoms with Gasteiger partial charge in [-0.25, -0.2) is 9.78 Å². The number of hydrogen-bond donors (Lipinski definition) is 1. The molecule has 206 valence electrons. The van der Waals surface area contributed by atoms with E-state index >= 15 is 0 Å². The third kappa shape index (κ3) is 6.01. The summed E-state index contributed by atoms with van der Waals surface area (Å²) in [7, 11) is 0. The van der Waals surface area contributed by atoms with Gasteiger partial charge in [-0.05, 0) is 58.7 Å². The number of rotatable bonds is 9. The second-order valence-electron chi connectivity index (χ2n) is 8.82. The molecule has 5 aromatic rings. The van der Waals surface area contributed by atoms with Gasteiger partial charge >= 0.3 is 5.97 Å². The summed E-state index contributed by atoms with van der Waals surface area (Å²) in [6.07, 6.45) is 1.51. The van der Waals surface area contributed by atoms with Gasteiger partial charge in [-0.15, -0.1) is 0 Å². The molecule has 0 saturated heterocycles. The lowest BCUT2D eigenvalue weighted by Crippen LogP contribution is -2.20. The standard InChI is InChI=1S/C31H23BrClN3O5/c1-2-40-25-16-22(26(32)27(33)28(25)41-18-19-12-14-21(15-13-19)31(38)39)17-34-36-29(20-8-4-3-5-9-20)35-24-11-7-6-10-23(24)30(36)37/h3-17H,2,18H2,1H3,(H,38,39). The SMILES string of the molecule is CCOc1cc(C=Nn2c(-c3ccccc3)nc3ccccc3c2=O)c(Br)c(Cl)c1OCc1ccc(C(=O)O)cc1. The molecule has 0 radical (unpaired) electrons. The predicted octanol–water partition coefficient (Wildman–Crippen LogP) is 7.04. The van der Waals surface area contributed by atoms with Crippen LogP contribution in [0.5, 0.6) is 11.5 Å². The monoisotopic (exact) mass is 631 g/mol. The van der Waals surface area contributed by atoms with Gasteiger partial charge in [0, 0.05) is 15.6 Å². The zero-order valence-electron chi connectivity index (χ0n) is 21.8. The molecular formula is C31H23BrClN3O5. The average Bonchev–Trinajstić information content (AvgIpc) is 2.99. The molecule has 0 bridgehead atoms. The van der Waals surface area contributed by atoms with Crippen LogP contribution in [0.1, 0.15) is 28.4 Å². The third-order valence-corrected chi connectivity index (χ3v) is 7.58. The molecule has 1 heterocycles. The van der Waals surface area contributed by atoms with Crippen molar-refractivity contribution in [2.24, 2.45) is 5.10 Å². The summed E-state index contributed by atoms with van der Waals surface area (Å²) in [5.74, 6) is 0.0931. The van der Waals surface area contributed by atoms with E-state index in [9.17, 15) is 9.59 Å². The lowest BCUT2D eigenvalue weighted by atomic mass is 10.1. The minimum absolute atomic E-state index is 0.137. The Bertz CT molecular complexity index is 1820. The van der Waals surface area contributed by atoms with Gasteiger partial charge in [0.2, 0.25) is 0 Å². The van der Waals surface area contributed by atoms with Gasteiger partial charge in [-0.1, -0.05) is 66.2 Å². The highest BCUT2D eigenvalue weighted by Crippen LogP contribution is 2.42. The van der Waals surface area contributed by atoms with Crippen LogP contribution in [0.3, 0.4) is 0 Å². The van der Waals surface area contributed by atoms with Crippen LogP contribution < -0.4 is 15.0 Å². The second kappa shape index (κ2) is 12.4. The Labute approximate surface area is 248 Å². The van der Waals surface area contributed by atoms with E-state index in [0.29, 0.717) is 44.9 Å². The molecule has 5 rings (SSSR count). The summed E-state index contributed by atoms with van der Waals surface area (Å²) in [6, 6.07) is 24.6. The first-order valence-corrected chi connectivity index (χ1v) is 13.8. The zero-order chi connectivity index (χ0) is 28.9. The molecule has 0 amide bonds. The topological polar surface area (TPSA) is 103 Å². The molecule has 8 nitrogen and oxygen atoms in total. The molecule has 0 fully saturated rings. The van der Waals surface area contributed by atoms with Crippen LogP contribution in [0, 0.1) is 0 Å². The van der Waals surface area contributed by atoms with Crippen molar-refractivity contribution >= 4 is 50.6 Å². The molecule has 41 heavy (non-hydrogen) atoms. The fourth-order valence-electron chi connectivity index (χ4n) is 4.12. The summed E-state index contributed by atoms with van der Waals surface area (Å²) < 4.78 is 13.6. The van der Waals surface area contributed by atoms with E-state index in [0.717, 1.165) is 11.1 Å². The largest absolute Gasteiger partial charge is 0.490 e. The normalized spacial score (nSPS) is 11.2. The highest BCUT2D eigenvalue weighted by Gasteiger charge is 2.18. The molecule has 10 heteroatoms. The number of nitrogens with zero attached hydrogens (tertiary/aromatic N) is 3. The lowest BCUT2D eigenvalue weighted by Gasteiger charge is -2.16. The Morgan fingerprint density at radius 2 is 1.76 bits per heavy atom. The van der Waals surface area contributed by atoms with Crippen molar-refractivity contribution < 1.29 is 19.4 Å². The van der Waals surface area contributed by atoms with E-state index < -0.39 is 5.97 Å². The van der Waals surface area contributed by atoms with Gasteiger partial charge in [0.15, 0.2) is 17.3 Å². The maximum absolute atomic E-state index is 13.5. The number of carboxylic acids is 1. The summed E-state index contributed by atoms with van der Waals surface area (Å²) >= 11 is 10.3. The second-order valence-corrected chi connectivity index (χ2v) is 10.00. The Hall–Kier alpha value is -4.47. The van der Waals surface area contributed by atoms with E-state index in [4.69, 9.17) is 31.2 Å². The summed E-state index contributed by atoms with van der Waals surface area (Å²) in [4.78, 5) is 29.3. The molecule has 1 N–H and O–H groups in total. The lowest BCUT2D eigenvalue weighted by molar-refractivity contribution is 0.0697. The van der Waals surface area contributed by atoms with Gasteiger partial charge in [0.25, 0.3) is 5.56 Å². The molecule has 0 aliphatic rings. The molecule has 0 unspecified atom stereocenters. The molecule has 0 saturated carbocycles. The number of aromatic carboxylic acids is 1. The van der Waals surface area contributed by atoms with Crippen LogP contribution in [0.2, 0.25) is 5.02 Å². The average molecular weight is 633 g/mol. The van der Waals surface area contributed by atoms with Crippen molar-refractivity contribution in [3.8, 4) is 22.9 Å². The quantitative estimate of drug-likeness (QED) is 0.175. The maximum atomic E-state index is 13.5. The molecule has 0 aliphatic carbocycles. The van der Waals surface area contributed by atoms with Gasteiger partial charge in [-0.3, -0.25) is 4.79 Å². The van der Waals surface area contributed by atoms with E-state index in [1.165, 1.54) is 23.0 Å². The molecule has 4 aromatic carbocycles. The molecule has 0 spiro atoms. The van der Waals surface area contributed by atoms with Gasteiger partial charge in [0.1, 0.15) is 11.6 Å².